The van der Waals surface area contributed by atoms with E-state index < -0.39 is 12.1 Å². The molecule has 0 aliphatic carbocycles. The highest BCUT2D eigenvalue weighted by molar-refractivity contribution is 9.10. The molecule has 0 amide bonds. The van der Waals surface area contributed by atoms with Crippen LogP contribution in [0.3, 0.4) is 0 Å². The Hall–Kier alpha value is -0.580. The van der Waals surface area contributed by atoms with Crippen LogP contribution in [0.25, 0.3) is 0 Å². The van der Waals surface area contributed by atoms with Crippen molar-refractivity contribution >= 4 is 33.5 Å². The van der Waals surface area contributed by atoms with E-state index in [1.165, 1.54) is 6.07 Å². The van der Waals surface area contributed by atoms with Crippen molar-refractivity contribution < 1.29 is 15.0 Å². The van der Waals surface area contributed by atoms with Crippen LogP contribution < -0.4 is 0 Å². The Bertz CT molecular complexity index is 340. The van der Waals surface area contributed by atoms with E-state index in [1.54, 1.807) is 12.1 Å². The summed E-state index contributed by atoms with van der Waals surface area (Å²) in [4.78, 5) is 10.4. The monoisotopic (exact) mass is 264 g/mol. The van der Waals surface area contributed by atoms with Gasteiger partial charge in [0.15, 0.2) is 6.10 Å². The maximum Gasteiger partial charge on any atom is 0.337 e. The number of hydrogen-bond donors (Lipinski definition) is 2. The summed E-state index contributed by atoms with van der Waals surface area (Å²) in [7, 11) is 0. The van der Waals surface area contributed by atoms with E-state index in [4.69, 9.17) is 16.7 Å². The topological polar surface area (TPSA) is 57.5 Å². The van der Waals surface area contributed by atoms with E-state index in [1.807, 2.05) is 0 Å². The van der Waals surface area contributed by atoms with Crippen molar-refractivity contribution in [2.24, 2.45) is 0 Å². The molecule has 1 rings (SSSR count). The summed E-state index contributed by atoms with van der Waals surface area (Å²) in [6.07, 6.45) is -1.55. The predicted octanol–water partition coefficient (Wildman–Crippen LogP) is 2.22. The number of carbonyl (C=O) groups is 1. The highest BCUT2D eigenvalue weighted by Crippen LogP contribution is 2.30. The summed E-state index contributed by atoms with van der Waals surface area (Å²) in [5.74, 6) is -1.30. The standard InChI is InChI=1S/C8H6BrClO3/c9-6-4(7(11)8(12)13)2-1-3-5(6)10/h1-3,7,11H,(H,12,13). The lowest BCUT2D eigenvalue weighted by Gasteiger charge is -2.08. The number of carboxylic acid groups (broad SMARTS) is 1. The molecule has 0 spiro atoms. The highest BCUT2D eigenvalue weighted by atomic mass is 79.9. The molecule has 3 nitrogen and oxygen atoms in total. The SMILES string of the molecule is O=C(O)C(O)c1cccc(Cl)c1Br. The van der Waals surface area contributed by atoms with E-state index in [2.05, 4.69) is 15.9 Å². The van der Waals surface area contributed by atoms with Gasteiger partial charge in [-0.3, -0.25) is 0 Å². The lowest BCUT2D eigenvalue weighted by Crippen LogP contribution is -2.10. The normalized spacial score (nSPS) is 12.5. The lowest BCUT2D eigenvalue weighted by atomic mass is 10.1. The molecule has 0 saturated heterocycles. The van der Waals surface area contributed by atoms with Crippen LogP contribution in [0.4, 0.5) is 0 Å². The molecular formula is C8H6BrClO3. The smallest absolute Gasteiger partial charge is 0.337 e. The third-order valence-corrected chi connectivity index (χ3v) is 2.94. The quantitative estimate of drug-likeness (QED) is 0.862. The Labute approximate surface area is 88.1 Å². The molecule has 1 atom stereocenters. The number of benzene rings is 1. The number of aliphatic hydroxyl groups is 1. The molecule has 1 unspecified atom stereocenters. The number of carboxylic acids is 1. The largest absolute Gasteiger partial charge is 0.479 e. The molecular weight excluding hydrogens is 259 g/mol. The van der Waals surface area contributed by atoms with Gasteiger partial charge in [-0.1, -0.05) is 23.7 Å². The Morgan fingerprint density at radius 1 is 1.54 bits per heavy atom. The zero-order chi connectivity index (χ0) is 10.0. The van der Waals surface area contributed by atoms with Crippen LogP contribution in [0.5, 0.6) is 0 Å². The van der Waals surface area contributed by atoms with Gasteiger partial charge in [0.2, 0.25) is 0 Å². The fraction of sp³-hybridized carbons (Fsp3) is 0.125. The fourth-order valence-corrected chi connectivity index (χ4v) is 1.53. The molecule has 0 fully saturated rings. The van der Waals surface area contributed by atoms with Crippen molar-refractivity contribution in [1.82, 2.24) is 0 Å². The van der Waals surface area contributed by atoms with Gasteiger partial charge in [0.1, 0.15) is 0 Å². The Kier molecular flexibility index (Phi) is 3.30. The van der Waals surface area contributed by atoms with E-state index in [9.17, 15) is 9.90 Å². The van der Waals surface area contributed by atoms with Gasteiger partial charge in [0, 0.05) is 10.0 Å². The molecule has 2 N–H and O–H groups in total. The molecule has 5 heteroatoms. The molecule has 0 aliphatic heterocycles. The van der Waals surface area contributed by atoms with E-state index in [0.29, 0.717) is 9.50 Å². The molecule has 0 aromatic heterocycles. The Balaban J connectivity index is 3.15. The molecule has 0 saturated carbocycles. The minimum Gasteiger partial charge on any atom is -0.479 e. The first-order valence-electron chi connectivity index (χ1n) is 3.39. The Morgan fingerprint density at radius 2 is 2.15 bits per heavy atom. The average molecular weight is 265 g/mol. The van der Waals surface area contributed by atoms with Crippen molar-refractivity contribution in [2.45, 2.75) is 6.10 Å². The van der Waals surface area contributed by atoms with Gasteiger partial charge in [-0.25, -0.2) is 4.79 Å². The minimum absolute atomic E-state index is 0.250. The molecule has 1 aromatic carbocycles. The van der Waals surface area contributed by atoms with Crippen molar-refractivity contribution in [3.63, 3.8) is 0 Å². The van der Waals surface area contributed by atoms with Crippen molar-refractivity contribution in [3.05, 3.63) is 33.3 Å². The Morgan fingerprint density at radius 3 is 2.69 bits per heavy atom. The van der Waals surface area contributed by atoms with Crippen molar-refractivity contribution in [2.75, 3.05) is 0 Å². The van der Waals surface area contributed by atoms with Gasteiger partial charge in [-0.2, -0.15) is 0 Å². The molecule has 0 radical (unpaired) electrons. The lowest BCUT2D eigenvalue weighted by molar-refractivity contribution is -0.147. The third-order valence-electron chi connectivity index (χ3n) is 1.51. The van der Waals surface area contributed by atoms with E-state index in [-0.39, 0.29) is 5.56 Å². The fourth-order valence-electron chi connectivity index (χ4n) is 0.865. The molecule has 0 bridgehead atoms. The molecule has 1 aromatic rings. The molecule has 70 valence electrons. The first-order valence-corrected chi connectivity index (χ1v) is 4.56. The molecule has 0 aliphatic rings. The van der Waals surface area contributed by atoms with E-state index >= 15 is 0 Å². The third kappa shape index (κ3) is 2.21. The maximum atomic E-state index is 10.4. The second-order valence-corrected chi connectivity index (χ2v) is 3.58. The highest BCUT2D eigenvalue weighted by Gasteiger charge is 2.19. The van der Waals surface area contributed by atoms with Gasteiger partial charge < -0.3 is 10.2 Å². The number of aliphatic hydroxyl groups excluding tert-OH is 1. The summed E-state index contributed by atoms with van der Waals surface area (Å²) in [6, 6.07) is 4.67. The molecule has 13 heavy (non-hydrogen) atoms. The van der Waals surface area contributed by atoms with Gasteiger partial charge in [-0.15, -0.1) is 0 Å². The first-order chi connectivity index (χ1) is 6.04. The second kappa shape index (κ2) is 4.09. The van der Waals surface area contributed by atoms with Gasteiger partial charge in [-0.05, 0) is 22.0 Å². The predicted molar refractivity (Wildman–Crippen MR) is 51.7 cm³/mol. The molecule has 0 heterocycles. The zero-order valence-corrected chi connectivity index (χ0v) is 8.71. The number of hydrogen-bond acceptors (Lipinski definition) is 2. The van der Waals surface area contributed by atoms with Crippen LogP contribution in [-0.4, -0.2) is 16.2 Å². The van der Waals surface area contributed by atoms with Crippen LogP contribution in [-0.2, 0) is 4.79 Å². The first kappa shape index (κ1) is 10.5. The number of halogens is 2. The number of aliphatic carboxylic acids is 1. The van der Waals surface area contributed by atoms with Crippen LogP contribution >= 0.6 is 27.5 Å². The maximum absolute atomic E-state index is 10.4. The van der Waals surface area contributed by atoms with Crippen LogP contribution in [0.1, 0.15) is 11.7 Å². The van der Waals surface area contributed by atoms with Crippen LogP contribution in [0.15, 0.2) is 22.7 Å². The van der Waals surface area contributed by atoms with Gasteiger partial charge >= 0.3 is 5.97 Å². The zero-order valence-electron chi connectivity index (χ0n) is 6.37. The minimum atomic E-state index is -1.55. The second-order valence-electron chi connectivity index (χ2n) is 2.38. The van der Waals surface area contributed by atoms with Crippen molar-refractivity contribution in [1.29, 1.82) is 0 Å². The summed E-state index contributed by atoms with van der Waals surface area (Å²) >= 11 is 8.81. The summed E-state index contributed by atoms with van der Waals surface area (Å²) < 4.78 is 0.409. The van der Waals surface area contributed by atoms with E-state index in [0.717, 1.165) is 0 Å². The van der Waals surface area contributed by atoms with Crippen LogP contribution in [0.2, 0.25) is 5.02 Å². The summed E-state index contributed by atoms with van der Waals surface area (Å²) in [5, 5.41) is 18.1. The van der Waals surface area contributed by atoms with Crippen LogP contribution in [0, 0.1) is 0 Å². The summed E-state index contributed by atoms with van der Waals surface area (Å²) in [5.41, 5.74) is 0.250. The van der Waals surface area contributed by atoms with Gasteiger partial charge in [0.05, 0.1) is 5.02 Å². The van der Waals surface area contributed by atoms with Gasteiger partial charge in [0.25, 0.3) is 0 Å². The average Bonchev–Trinajstić information content (AvgIpc) is 2.08. The number of rotatable bonds is 2. The summed E-state index contributed by atoms with van der Waals surface area (Å²) in [6.45, 7) is 0. The van der Waals surface area contributed by atoms with Crippen molar-refractivity contribution in [3.8, 4) is 0 Å².